The number of anilines is 1. The van der Waals surface area contributed by atoms with Crippen molar-refractivity contribution in [1.29, 1.82) is 0 Å². The summed E-state index contributed by atoms with van der Waals surface area (Å²) in [5.74, 6) is 1.09. The molecule has 4 nitrogen and oxygen atoms in total. The molecule has 0 radical (unpaired) electrons. The largest absolute Gasteiger partial charge is 0.359 e. The van der Waals surface area contributed by atoms with E-state index in [1.807, 2.05) is 12.3 Å². The Bertz CT molecular complexity index is 363. The predicted molar refractivity (Wildman–Crippen MR) is 82.7 cm³/mol. The second-order valence-electron chi connectivity index (χ2n) is 5.60. The van der Waals surface area contributed by atoms with Gasteiger partial charge in [-0.05, 0) is 33.1 Å². The van der Waals surface area contributed by atoms with Gasteiger partial charge in [-0.25, -0.2) is 4.98 Å². The molecule has 0 saturated heterocycles. The zero-order valence-electron chi connectivity index (χ0n) is 13.0. The minimum atomic E-state index is 0.493. The summed E-state index contributed by atoms with van der Waals surface area (Å²) in [6.07, 6.45) is 3.02. The Balaban J connectivity index is 2.59. The van der Waals surface area contributed by atoms with Crippen LogP contribution in [0.25, 0.3) is 0 Å². The molecule has 0 aliphatic rings. The van der Waals surface area contributed by atoms with Crippen molar-refractivity contribution in [3.63, 3.8) is 0 Å². The highest BCUT2D eigenvalue weighted by Crippen LogP contribution is 2.16. The van der Waals surface area contributed by atoms with Gasteiger partial charge in [-0.1, -0.05) is 19.9 Å². The third kappa shape index (κ3) is 6.03. The Hall–Kier alpha value is -1.13. The Morgan fingerprint density at radius 2 is 1.95 bits per heavy atom. The number of hydrogen-bond donors (Lipinski definition) is 1. The molecule has 1 N–H and O–H groups in total. The monoisotopic (exact) mass is 264 g/mol. The van der Waals surface area contributed by atoms with Crippen molar-refractivity contribution >= 4 is 5.82 Å². The fourth-order valence-corrected chi connectivity index (χ4v) is 1.96. The Morgan fingerprint density at radius 1 is 1.21 bits per heavy atom. The molecule has 4 heteroatoms. The fourth-order valence-electron chi connectivity index (χ4n) is 1.96. The maximum Gasteiger partial charge on any atom is 0.132 e. The minimum Gasteiger partial charge on any atom is -0.359 e. The molecule has 0 amide bonds. The van der Waals surface area contributed by atoms with Gasteiger partial charge in [-0.15, -0.1) is 0 Å². The van der Waals surface area contributed by atoms with Crippen molar-refractivity contribution in [3.05, 3.63) is 23.9 Å². The van der Waals surface area contributed by atoms with Crippen molar-refractivity contribution in [2.24, 2.45) is 0 Å². The average molecular weight is 264 g/mol. The Kier molecular flexibility index (Phi) is 6.81. The lowest BCUT2D eigenvalue weighted by atomic mass is 10.2. The maximum atomic E-state index is 4.53. The van der Waals surface area contributed by atoms with Gasteiger partial charge < -0.3 is 15.1 Å². The van der Waals surface area contributed by atoms with Crippen LogP contribution < -0.4 is 10.2 Å². The van der Waals surface area contributed by atoms with Crippen LogP contribution in [0.1, 0.15) is 25.8 Å². The van der Waals surface area contributed by atoms with Crippen LogP contribution in [0, 0.1) is 0 Å². The lowest BCUT2D eigenvalue weighted by Crippen LogP contribution is -2.27. The van der Waals surface area contributed by atoms with Crippen LogP contribution in [-0.2, 0) is 6.54 Å². The summed E-state index contributed by atoms with van der Waals surface area (Å²) in [5.41, 5.74) is 1.27. The van der Waals surface area contributed by atoms with E-state index in [0.717, 1.165) is 31.9 Å². The van der Waals surface area contributed by atoms with Crippen molar-refractivity contribution in [2.75, 3.05) is 39.1 Å². The van der Waals surface area contributed by atoms with Gasteiger partial charge in [0, 0.05) is 37.9 Å². The van der Waals surface area contributed by atoms with Crippen LogP contribution in [-0.4, -0.2) is 50.2 Å². The molecule has 1 heterocycles. The molecule has 0 spiro atoms. The summed E-state index contributed by atoms with van der Waals surface area (Å²) in [4.78, 5) is 8.99. The van der Waals surface area contributed by atoms with Crippen molar-refractivity contribution in [3.8, 4) is 0 Å². The van der Waals surface area contributed by atoms with Gasteiger partial charge in [-0.3, -0.25) is 0 Å². The van der Waals surface area contributed by atoms with E-state index in [4.69, 9.17) is 0 Å². The van der Waals surface area contributed by atoms with E-state index in [-0.39, 0.29) is 0 Å². The summed E-state index contributed by atoms with van der Waals surface area (Å²) in [6.45, 7) is 7.34. The van der Waals surface area contributed by atoms with Crippen LogP contribution in [0.15, 0.2) is 18.3 Å². The zero-order chi connectivity index (χ0) is 14.3. The average Bonchev–Trinajstić information content (AvgIpc) is 2.36. The summed E-state index contributed by atoms with van der Waals surface area (Å²) < 4.78 is 0. The van der Waals surface area contributed by atoms with Gasteiger partial charge in [0.05, 0.1) is 0 Å². The molecule has 0 aliphatic carbocycles. The second kappa shape index (κ2) is 8.12. The fraction of sp³-hybridized carbons (Fsp3) is 0.667. The third-order valence-corrected chi connectivity index (χ3v) is 3.03. The molecule has 0 saturated carbocycles. The molecule has 0 atom stereocenters. The van der Waals surface area contributed by atoms with Crippen LogP contribution in [0.2, 0.25) is 0 Å². The van der Waals surface area contributed by atoms with Crippen LogP contribution >= 0.6 is 0 Å². The van der Waals surface area contributed by atoms with E-state index < -0.39 is 0 Å². The maximum absolute atomic E-state index is 4.53. The smallest absolute Gasteiger partial charge is 0.132 e. The molecule has 1 rings (SSSR count). The second-order valence-corrected chi connectivity index (χ2v) is 5.60. The summed E-state index contributed by atoms with van der Waals surface area (Å²) in [6, 6.07) is 4.65. The summed E-state index contributed by atoms with van der Waals surface area (Å²) >= 11 is 0. The van der Waals surface area contributed by atoms with Crippen LogP contribution in [0.5, 0.6) is 0 Å². The van der Waals surface area contributed by atoms with Crippen molar-refractivity contribution < 1.29 is 0 Å². The molecule has 108 valence electrons. The molecule has 1 aromatic heterocycles. The van der Waals surface area contributed by atoms with Gasteiger partial charge in [0.15, 0.2) is 0 Å². The lowest BCUT2D eigenvalue weighted by Gasteiger charge is -2.22. The number of nitrogens with zero attached hydrogens (tertiary/aromatic N) is 3. The Labute approximate surface area is 117 Å². The van der Waals surface area contributed by atoms with E-state index in [2.05, 4.69) is 61.2 Å². The predicted octanol–water partition coefficient (Wildman–Crippen LogP) is 1.97. The summed E-state index contributed by atoms with van der Waals surface area (Å²) in [5, 5.41) is 3.46. The highest BCUT2D eigenvalue weighted by atomic mass is 15.2. The normalized spacial score (nSPS) is 11.3. The van der Waals surface area contributed by atoms with Gasteiger partial charge in [0.1, 0.15) is 5.82 Å². The SMILES string of the molecule is CC(C)NCc1cccnc1N(C)CCCN(C)C. The number of aromatic nitrogens is 1. The highest BCUT2D eigenvalue weighted by molar-refractivity contribution is 5.45. The van der Waals surface area contributed by atoms with E-state index in [9.17, 15) is 0 Å². The zero-order valence-corrected chi connectivity index (χ0v) is 13.0. The number of nitrogens with one attached hydrogen (secondary N) is 1. The third-order valence-electron chi connectivity index (χ3n) is 3.03. The first-order valence-electron chi connectivity index (χ1n) is 7.04. The molecule has 0 aromatic carbocycles. The highest BCUT2D eigenvalue weighted by Gasteiger charge is 2.08. The molecule has 0 bridgehead atoms. The molecular formula is C15H28N4. The van der Waals surface area contributed by atoms with Gasteiger partial charge in [0.25, 0.3) is 0 Å². The lowest BCUT2D eigenvalue weighted by molar-refractivity contribution is 0.401. The summed E-state index contributed by atoms with van der Waals surface area (Å²) in [7, 11) is 6.34. The van der Waals surface area contributed by atoms with Crippen molar-refractivity contribution in [2.45, 2.75) is 32.9 Å². The first kappa shape index (κ1) is 15.9. The van der Waals surface area contributed by atoms with Crippen LogP contribution in [0.3, 0.4) is 0 Å². The minimum absolute atomic E-state index is 0.493. The molecule has 0 aliphatic heterocycles. The first-order valence-corrected chi connectivity index (χ1v) is 7.04. The van der Waals surface area contributed by atoms with Gasteiger partial charge >= 0.3 is 0 Å². The Morgan fingerprint density at radius 3 is 2.58 bits per heavy atom. The molecular weight excluding hydrogens is 236 g/mol. The topological polar surface area (TPSA) is 31.4 Å². The van der Waals surface area contributed by atoms with E-state index in [0.29, 0.717) is 6.04 Å². The van der Waals surface area contributed by atoms with Gasteiger partial charge in [0.2, 0.25) is 0 Å². The molecule has 0 unspecified atom stereocenters. The molecule has 19 heavy (non-hydrogen) atoms. The van der Waals surface area contributed by atoms with E-state index in [1.54, 1.807) is 0 Å². The first-order chi connectivity index (χ1) is 9.00. The number of hydrogen-bond acceptors (Lipinski definition) is 4. The standard InChI is InChI=1S/C15H28N4/c1-13(2)17-12-14-8-6-9-16-15(14)19(5)11-7-10-18(3)4/h6,8-9,13,17H,7,10-12H2,1-5H3. The van der Waals surface area contributed by atoms with E-state index in [1.165, 1.54) is 5.56 Å². The number of pyridine rings is 1. The van der Waals surface area contributed by atoms with Gasteiger partial charge in [-0.2, -0.15) is 0 Å². The van der Waals surface area contributed by atoms with E-state index >= 15 is 0 Å². The molecule has 1 aromatic rings. The quantitative estimate of drug-likeness (QED) is 0.778. The van der Waals surface area contributed by atoms with Crippen LogP contribution in [0.4, 0.5) is 5.82 Å². The number of rotatable bonds is 8. The molecule has 0 fully saturated rings. The van der Waals surface area contributed by atoms with Crippen molar-refractivity contribution in [1.82, 2.24) is 15.2 Å².